The van der Waals surface area contributed by atoms with Gasteiger partial charge >= 0.3 is 0 Å². The second-order valence-corrected chi connectivity index (χ2v) is 3.49. The van der Waals surface area contributed by atoms with Crippen molar-refractivity contribution >= 4 is 0 Å². The lowest BCUT2D eigenvalue weighted by Gasteiger charge is -2.15. The highest BCUT2D eigenvalue weighted by atomic mass is 16.5. The third kappa shape index (κ3) is 2.44. The van der Waals surface area contributed by atoms with Crippen molar-refractivity contribution in [1.82, 2.24) is 0 Å². The molecule has 1 aromatic carbocycles. The van der Waals surface area contributed by atoms with Gasteiger partial charge in [0.1, 0.15) is 0 Å². The van der Waals surface area contributed by atoms with E-state index in [-0.39, 0.29) is 0 Å². The summed E-state index contributed by atoms with van der Waals surface area (Å²) in [5, 5.41) is 18.4. The Morgan fingerprint density at radius 1 is 1.38 bits per heavy atom. The minimum absolute atomic E-state index is 0.364. The second-order valence-electron chi connectivity index (χ2n) is 3.49. The van der Waals surface area contributed by atoms with Gasteiger partial charge in [-0.1, -0.05) is 0 Å². The Bertz CT molecular complexity index is 407. The summed E-state index contributed by atoms with van der Waals surface area (Å²) in [6.45, 7) is 1.67. The maximum atomic E-state index is 9.40. The molecule has 0 amide bonds. The number of aliphatic hydroxyl groups excluding tert-OH is 1. The second kappa shape index (κ2) is 5.38. The fourth-order valence-corrected chi connectivity index (χ4v) is 1.59. The largest absolute Gasteiger partial charge is 0.493 e. The Hall–Kier alpha value is -1.73. The molecule has 1 aromatic rings. The van der Waals surface area contributed by atoms with E-state index in [0.29, 0.717) is 29.0 Å². The summed E-state index contributed by atoms with van der Waals surface area (Å²) in [7, 11) is 3.06. The molecule has 16 heavy (non-hydrogen) atoms. The Labute approximate surface area is 95.0 Å². The van der Waals surface area contributed by atoms with Crippen LogP contribution in [0.1, 0.15) is 18.1 Å². The molecule has 1 N–H and O–H groups in total. The van der Waals surface area contributed by atoms with E-state index in [0.717, 1.165) is 0 Å². The van der Waals surface area contributed by atoms with E-state index in [2.05, 4.69) is 6.07 Å². The minimum Gasteiger partial charge on any atom is -0.493 e. The average Bonchev–Trinajstić information content (AvgIpc) is 2.27. The number of hydrogen-bond donors (Lipinski definition) is 1. The van der Waals surface area contributed by atoms with Crippen LogP contribution in [-0.4, -0.2) is 25.4 Å². The van der Waals surface area contributed by atoms with Gasteiger partial charge in [0.05, 0.1) is 32.0 Å². The molecule has 4 heteroatoms. The van der Waals surface area contributed by atoms with Crippen LogP contribution in [0.25, 0.3) is 0 Å². The number of methoxy groups -OCH3 is 2. The fourth-order valence-electron chi connectivity index (χ4n) is 1.59. The molecule has 0 fully saturated rings. The molecule has 0 aliphatic rings. The van der Waals surface area contributed by atoms with Gasteiger partial charge < -0.3 is 14.6 Å². The van der Waals surface area contributed by atoms with Gasteiger partial charge in [0.15, 0.2) is 11.5 Å². The van der Waals surface area contributed by atoms with Crippen LogP contribution in [-0.2, 0) is 6.42 Å². The summed E-state index contributed by atoms with van der Waals surface area (Å²) in [5.74, 6) is 1.08. The van der Waals surface area contributed by atoms with E-state index in [1.165, 1.54) is 14.2 Å². The van der Waals surface area contributed by atoms with Gasteiger partial charge in [0.25, 0.3) is 0 Å². The zero-order valence-electron chi connectivity index (χ0n) is 9.65. The summed E-state index contributed by atoms with van der Waals surface area (Å²) < 4.78 is 10.4. The van der Waals surface area contributed by atoms with Crippen LogP contribution in [0.2, 0.25) is 0 Å². The Morgan fingerprint density at radius 3 is 2.50 bits per heavy atom. The van der Waals surface area contributed by atoms with E-state index >= 15 is 0 Å². The first-order valence-electron chi connectivity index (χ1n) is 4.96. The molecule has 0 heterocycles. The van der Waals surface area contributed by atoms with Crippen molar-refractivity contribution in [1.29, 1.82) is 5.26 Å². The Morgan fingerprint density at radius 2 is 2.06 bits per heavy atom. The molecule has 0 aromatic heterocycles. The lowest BCUT2D eigenvalue weighted by atomic mass is 10.0. The number of ether oxygens (including phenoxy) is 2. The van der Waals surface area contributed by atoms with Crippen LogP contribution in [0.4, 0.5) is 0 Å². The highest BCUT2D eigenvalue weighted by Gasteiger charge is 2.16. The van der Waals surface area contributed by atoms with Crippen LogP contribution in [0.5, 0.6) is 11.5 Å². The van der Waals surface area contributed by atoms with Crippen molar-refractivity contribution in [3.8, 4) is 17.6 Å². The molecular formula is C12H15NO3. The quantitative estimate of drug-likeness (QED) is 0.836. The standard InChI is InChI=1S/C12H15NO3/c1-8(14)6-10-9(7-13)4-5-11(15-2)12(10)16-3/h4-5,8,14H,6H2,1-3H3/t8-/m0/s1. The molecule has 1 rings (SSSR count). The third-order valence-electron chi connectivity index (χ3n) is 2.27. The van der Waals surface area contributed by atoms with Crippen molar-refractivity contribution in [2.24, 2.45) is 0 Å². The third-order valence-corrected chi connectivity index (χ3v) is 2.27. The van der Waals surface area contributed by atoms with Crippen molar-refractivity contribution in [2.45, 2.75) is 19.4 Å². The number of rotatable bonds is 4. The lowest BCUT2D eigenvalue weighted by Crippen LogP contribution is -2.08. The highest BCUT2D eigenvalue weighted by Crippen LogP contribution is 2.33. The van der Waals surface area contributed by atoms with E-state index in [1.807, 2.05) is 0 Å². The van der Waals surface area contributed by atoms with Crippen molar-refractivity contribution in [3.05, 3.63) is 23.3 Å². The predicted octanol–water partition coefficient (Wildman–Crippen LogP) is 1.50. The van der Waals surface area contributed by atoms with Crippen molar-refractivity contribution in [3.63, 3.8) is 0 Å². The van der Waals surface area contributed by atoms with Gasteiger partial charge in [-0.15, -0.1) is 0 Å². The molecule has 0 spiro atoms. The molecule has 0 radical (unpaired) electrons. The van der Waals surface area contributed by atoms with Gasteiger partial charge in [-0.3, -0.25) is 0 Å². The number of benzene rings is 1. The smallest absolute Gasteiger partial charge is 0.165 e. The maximum absolute atomic E-state index is 9.40. The first-order chi connectivity index (χ1) is 7.63. The monoisotopic (exact) mass is 221 g/mol. The zero-order chi connectivity index (χ0) is 12.1. The number of aliphatic hydroxyl groups is 1. The highest BCUT2D eigenvalue weighted by molar-refractivity contribution is 5.54. The molecular weight excluding hydrogens is 206 g/mol. The molecule has 0 aliphatic heterocycles. The molecule has 86 valence electrons. The topological polar surface area (TPSA) is 62.5 Å². The van der Waals surface area contributed by atoms with Crippen LogP contribution in [0.15, 0.2) is 12.1 Å². The first-order valence-corrected chi connectivity index (χ1v) is 4.96. The van der Waals surface area contributed by atoms with E-state index in [1.54, 1.807) is 19.1 Å². The summed E-state index contributed by atoms with van der Waals surface area (Å²) in [6, 6.07) is 5.43. The Kier molecular flexibility index (Phi) is 4.15. The molecule has 0 saturated carbocycles. The molecule has 0 unspecified atom stereocenters. The summed E-state index contributed by atoms with van der Waals surface area (Å²) in [6.07, 6.45) is -0.170. The molecule has 0 aliphatic carbocycles. The number of hydrogen-bond acceptors (Lipinski definition) is 4. The van der Waals surface area contributed by atoms with Crippen LogP contribution in [0.3, 0.4) is 0 Å². The molecule has 1 atom stereocenters. The van der Waals surface area contributed by atoms with Gasteiger partial charge in [0.2, 0.25) is 0 Å². The van der Waals surface area contributed by atoms with E-state index in [4.69, 9.17) is 14.7 Å². The minimum atomic E-state index is -0.534. The van der Waals surface area contributed by atoms with Crippen LogP contribution in [0, 0.1) is 11.3 Å². The van der Waals surface area contributed by atoms with E-state index < -0.39 is 6.10 Å². The van der Waals surface area contributed by atoms with Crippen LogP contribution >= 0.6 is 0 Å². The SMILES string of the molecule is COc1ccc(C#N)c(C[C@H](C)O)c1OC. The normalized spacial score (nSPS) is 11.7. The van der Waals surface area contributed by atoms with Crippen LogP contribution < -0.4 is 9.47 Å². The summed E-state index contributed by atoms with van der Waals surface area (Å²) in [5.41, 5.74) is 1.18. The lowest BCUT2D eigenvalue weighted by molar-refractivity contribution is 0.193. The molecule has 4 nitrogen and oxygen atoms in total. The summed E-state index contributed by atoms with van der Waals surface area (Å²) in [4.78, 5) is 0. The molecule has 0 saturated heterocycles. The van der Waals surface area contributed by atoms with E-state index in [9.17, 15) is 5.11 Å². The van der Waals surface area contributed by atoms with Gasteiger partial charge in [-0.05, 0) is 19.1 Å². The summed E-state index contributed by atoms with van der Waals surface area (Å²) >= 11 is 0. The first kappa shape index (κ1) is 12.3. The van der Waals surface area contributed by atoms with Gasteiger partial charge in [-0.2, -0.15) is 5.26 Å². The average molecular weight is 221 g/mol. The van der Waals surface area contributed by atoms with Gasteiger partial charge in [-0.25, -0.2) is 0 Å². The predicted molar refractivity (Wildman–Crippen MR) is 59.6 cm³/mol. The van der Waals surface area contributed by atoms with Crippen molar-refractivity contribution < 1.29 is 14.6 Å². The fraction of sp³-hybridized carbons (Fsp3) is 0.417. The van der Waals surface area contributed by atoms with Crippen molar-refractivity contribution in [2.75, 3.05) is 14.2 Å². The van der Waals surface area contributed by atoms with Gasteiger partial charge in [0, 0.05) is 12.0 Å². The number of nitrogens with zero attached hydrogens (tertiary/aromatic N) is 1. The Balaban J connectivity index is 3.32. The zero-order valence-corrected chi connectivity index (χ0v) is 9.65. The maximum Gasteiger partial charge on any atom is 0.165 e. The number of nitriles is 1. The molecule has 0 bridgehead atoms.